The van der Waals surface area contributed by atoms with Crippen LogP contribution in [0.2, 0.25) is 0 Å². The Labute approximate surface area is 266 Å². The van der Waals surface area contributed by atoms with E-state index in [-0.39, 0.29) is 0 Å². The molecule has 0 bridgehead atoms. The van der Waals surface area contributed by atoms with E-state index in [9.17, 15) is 39.5 Å². The highest BCUT2D eigenvalue weighted by Crippen LogP contribution is 2.44. The monoisotopic (exact) mass is 713 g/mol. The van der Waals surface area contributed by atoms with Crippen molar-refractivity contribution in [3.8, 4) is 0 Å². The van der Waals surface area contributed by atoms with Crippen LogP contribution in [0.25, 0.3) is 0 Å². The summed E-state index contributed by atoms with van der Waals surface area (Å²) in [7, 11) is 1.83. The molecule has 2 saturated heterocycles. The van der Waals surface area contributed by atoms with Gasteiger partial charge < -0.3 is 20.1 Å². The molecule has 3 N–H and O–H groups in total. The molecule has 1 spiro atoms. The minimum absolute atomic E-state index is 0.462. The molecule has 2 aromatic heterocycles. The van der Waals surface area contributed by atoms with Crippen LogP contribution >= 0.6 is 11.3 Å². The van der Waals surface area contributed by atoms with Gasteiger partial charge in [-0.25, -0.2) is 14.4 Å². The van der Waals surface area contributed by atoms with Crippen molar-refractivity contribution in [1.82, 2.24) is 14.8 Å². The number of aliphatic carboxylic acids is 3. The van der Waals surface area contributed by atoms with Gasteiger partial charge in [0.2, 0.25) is 0 Å². The molecule has 1 unspecified atom stereocenters. The fraction of sp³-hybridized carbons (Fsp3) is 0.556. The van der Waals surface area contributed by atoms with Crippen molar-refractivity contribution < 1.29 is 74.0 Å². The van der Waals surface area contributed by atoms with E-state index in [1.54, 1.807) is 0 Å². The molecule has 0 aromatic carbocycles. The number of hydrogen-bond acceptors (Lipinski definition) is 8. The Morgan fingerprint density at radius 1 is 0.872 bits per heavy atom. The van der Waals surface area contributed by atoms with E-state index in [4.69, 9.17) is 34.4 Å². The number of hydrogen-bond donors (Lipinski definition) is 3. The van der Waals surface area contributed by atoms with Crippen LogP contribution in [-0.2, 0) is 32.2 Å². The van der Waals surface area contributed by atoms with Crippen LogP contribution in [0.4, 0.5) is 39.5 Å². The maximum Gasteiger partial charge on any atom is 0.490 e. The molecule has 20 heteroatoms. The van der Waals surface area contributed by atoms with Gasteiger partial charge in [-0.15, -0.1) is 11.3 Å². The lowest BCUT2D eigenvalue weighted by Crippen LogP contribution is -2.41. The van der Waals surface area contributed by atoms with Gasteiger partial charge in [-0.3, -0.25) is 14.8 Å². The highest BCUT2D eigenvalue weighted by atomic mass is 32.1. The van der Waals surface area contributed by atoms with Gasteiger partial charge in [0.25, 0.3) is 0 Å². The zero-order chi connectivity index (χ0) is 36.1. The number of nitrogens with zero attached hydrogens (tertiary/aromatic N) is 3. The van der Waals surface area contributed by atoms with E-state index in [0.717, 1.165) is 19.7 Å². The van der Waals surface area contributed by atoms with Gasteiger partial charge in [-0.1, -0.05) is 12.1 Å². The van der Waals surface area contributed by atoms with Crippen LogP contribution in [-0.4, -0.2) is 106 Å². The maximum absolute atomic E-state index is 10.6. The normalized spacial score (nSPS) is 18.1. The first kappa shape index (κ1) is 41.5. The molecular weight excluding hydrogens is 681 g/mol. The molecule has 2 aromatic rings. The number of carboxylic acids is 3. The summed E-state index contributed by atoms with van der Waals surface area (Å²) in [6.07, 6.45) is -9.48. The number of ether oxygens (including phenoxy) is 1. The molecule has 2 aliphatic heterocycles. The average Bonchev–Trinajstić information content (AvgIpc) is 3.58. The van der Waals surface area contributed by atoms with E-state index < -0.39 is 36.4 Å². The molecule has 4 heterocycles. The third-order valence-electron chi connectivity index (χ3n) is 6.78. The van der Waals surface area contributed by atoms with Crippen LogP contribution in [0.5, 0.6) is 0 Å². The van der Waals surface area contributed by atoms with Crippen LogP contribution < -0.4 is 0 Å². The Morgan fingerprint density at radius 2 is 1.38 bits per heavy atom. The van der Waals surface area contributed by atoms with E-state index in [1.807, 2.05) is 30.7 Å². The maximum atomic E-state index is 10.6. The summed E-state index contributed by atoms with van der Waals surface area (Å²) in [4.78, 5) is 38.0. The number of aromatic nitrogens is 1. The second-order valence-electron chi connectivity index (χ2n) is 10.3. The number of thiophene rings is 1. The van der Waals surface area contributed by atoms with E-state index >= 15 is 0 Å². The summed E-state index contributed by atoms with van der Waals surface area (Å²) in [6, 6.07) is 11.2. The Balaban J connectivity index is 0.000000430. The minimum atomic E-state index is -5.08. The molecule has 1 atom stereocenters. The van der Waals surface area contributed by atoms with Crippen molar-refractivity contribution >= 4 is 29.2 Å². The molecule has 0 saturated carbocycles. The number of alkyl halides is 9. The highest BCUT2D eigenvalue weighted by molar-refractivity contribution is 7.09. The molecule has 10 nitrogen and oxygen atoms in total. The first-order valence-corrected chi connectivity index (χ1v) is 14.3. The number of piperidine rings is 1. The zero-order valence-electron chi connectivity index (χ0n) is 24.6. The third-order valence-corrected chi connectivity index (χ3v) is 7.64. The minimum Gasteiger partial charge on any atom is -0.475 e. The number of halogens is 9. The molecule has 0 radical (unpaired) electrons. The molecule has 0 amide bonds. The molecule has 0 aliphatic carbocycles. The van der Waals surface area contributed by atoms with Gasteiger partial charge in [-0.05, 0) is 61.3 Å². The zero-order valence-corrected chi connectivity index (χ0v) is 25.4. The van der Waals surface area contributed by atoms with Gasteiger partial charge in [-0.2, -0.15) is 39.5 Å². The largest absolute Gasteiger partial charge is 0.490 e. The van der Waals surface area contributed by atoms with E-state index in [1.165, 1.54) is 49.5 Å². The van der Waals surface area contributed by atoms with Crippen LogP contribution in [0.15, 0.2) is 41.9 Å². The van der Waals surface area contributed by atoms with Crippen molar-refractivity contribution in [2.24, 2.45) is 5.41 Å². The SMILES string of the molecule is COCC1CC2(CCN(Cc3cccs3)CC2)CN1Cc1ccccn1.O=C(O)C(F)(F)F.O=C(O)C(F)(F)F.O=C(O)C(F)(F)F. The average molecular weight is 714 g/mol. The number of pyridine rings is 1. The van der Waals surface area contributed by atoms with Gasteiger partial charge in [0, 0.05) is 43.9 Å². The van der Waals surface area contributed by atoms with E-state index in [2.05, 4.69) is 44.4 Å². The predicted octanol–water partition coefficient (Wildman–Crippen LogP) is 5.55. The van der Waals surface area contributed by atoms with E-state index in [0.29, 0.717) is 11.5 Å². The number of likely N-dealkylation sites (tertiary alicyclic amines) is 2. The Morgan fingerprint density at radius 3 is 1.77 bits per heavy atom. The smallest absolute Gasteiger partial charge is 0.475 e. The lowest BCUT2D eigenvalue weighted by atomic mass is 9.76. The summed E-state index contributed by atoms with van der Waals surface area (Å²) in [5, 5.41) is 23.6. The summed E-state index contributed by atoms with van der Waals surface area (Å²) in [5.41, 5.74) is 1.63. The number of carboxylic acid groups (broad SMARTS) is 3. The second kappa shape index (κ2) is 18.2. The fourth-order valence-corrected chi connectivity index (χ4v) is 5.41. The molecule has 2 aliphatic rings. The quantitative estimate of drug-likeness (QED) is 0.327. The van der Waals surface area contributed by atoms with Crippen molar-refractivity contribution in [3.05, 3.63) is 52.5 Å². The molecule has 2 fully saturated rings. The van der Waals surface area contributed by atoms with Crippen molar-refractivity contribution in [2.45, 2.75) is 56.9 Å². The lowest BCUT2D eigenvalue weighted by Gasteiger charge is -2.39. The predicted molar refractivity (Wildman–Crippen MR) is 147 cm³/mol. The molecule has 47 heavy (non-hydrogen) atoms. The third kappa shape index (κ3) is 15.8. The fourth-order valence-electron chi connectivity index (χ4n) is 4.67. The first-order chi connectivity index (χ1) is 21.6. The highest BCUT2D eigenvalue weighted by Gasteiger charge is 2.45. The van der Waals surface area contributed by atoms with Crippen molar-refractivity contribution in [2.75, 3.05) is 33.4 Å². The number of methoxy groups -OCH3 is 1. The molecular formula is C27H32F9N3O7S. The molecule has 4 rings (SSSR count). The standard InChI is InChI=1S/C21H29N3OS.3C2HF3O2/c1-25-16-19-13-21(17-24(19)14-18-5-2-3-9-22-18)7-10-23(11-8-21)15-20-6-4-12-26-20;3*3-2(4,5)1(6)7/h2-6,9,12,19H,7-8,10-11,13-17H2,1H3;3*(H,6,7). The van der Waals surface area contributed by atoms with Crippen LogP contribution in [0, 0.1) is 5.41 Å². The Hall–Kier alpha value is -3.49. The van der Waals surface area contributed by atoms with Gasteiger partial charge in [0.05, 0.1) is 12.3 Å². The Kier molecular flexibility index (Phi) is 16.0. The van der Waals surface area contributed by atoms with Crippen LogP contribution in [0.1, 0.15) is 29.8 Å². The van der Waals surface area contributed by atoms with Gasteiger partial charge in [0.1, 0.15) is 0 Å². The summed E-state index contributed by atoms with van der Waals surface area (Å²) >= 11 is 1.88. The second-order valence-corrected chi connectivity index (χ2v) is 11.3. The van der Waals surface area contributed by atoms with Crippen molar-refractivity contribution in [3.63, 3.8) is 0 Å². The lowest BCUT2D eigenvalue weighted by molar-refractivity contribution is -0.193. The number of rotatable bonds is 6. The summed E-state index contributed by atoms with van der Waals surface area (Å²) in [6.45, 7) is 6.50. The summed E-state index contributed by atoms with van der Waals surface area (Å²) in [5.74, 6) is -8.27. The van der Waals surface area contributed by atoms with Crippen LogP contribution in [0.3, 0.4) is 0 Å². The topological polar surface area (TPSA) is 140 Å². The number of carbonyl (C=O) groups is 3. The molecule has 266 valence electrons. The van der Waals surface area contributed by atoms with Crippen molar-refractivity contribution in [1.29, 1.82) is 0 Å². The summed E-state index contributed by atoms with van der Waals surface area (Å²) < 4.78 is 101. The van der Waals surface area contributed by atoms with Gasteiger partial charge in [0.15, 0.2) is 0 Å². The van der Waals surface area contributed by atoms with Gasteiger partial charge >= 0.3 is 36.4 Å². The Bertz CT molecular complexity index is 1180. The first-order valence-electron chi connectivity index (χ1n) is 13.4.